The molecular weight excluding hydrogens is 403 g/mol. The minimum atomic E-state index is -1.10. The molecular formula is C19H18BrFN2O3. The van der Waals surface area contributed by atoms with Gasteiger partial charge in [0.25, 0.3) is 0 Å². The van der Waals surface area contributed by atoms with Crippen LogP contribution in [0.4, 0.5) is 4.39 Å². The molecule has 0 radical (unpaired) electrons. The standard InChI is InChI=1S/C19H18BrFN2O3/c1-23(18(19(22)26)13-3-2-4-15(21)11-13)17(25)10-9-16(24)12-5-7-14(20)8-6-12/h2-8,11,18H,9-10H2,1H3,(H2,22,26). The summed E-state index contributed by atoms with van der Waals surface area (Å²) in [5, 5.41) is 0. The van der Waals surface area contributed by atoms with Crippen LogP contribution in [0.15, 0.2) is 53.0 Å². The second-order valence-electron chi connectivity index (χ2n) is 5.79. The minimum absolute atomic E-state index is 0.000557. The number of benzene rings is 2. The van der Waals surface area contributed by atoms with E-state index in [1.807, 2.05) is 0 Å². The maximum absolute atomic E-state index is 13.4. The lowest BCUT2D eigenvalue weighted by Crippen LogP contribution is -2.39. The molecule has 0 heterocycles. The number of amides is 2. The zero-order chi connectivity index (χ0) is 19.3. The number of likely N-dealkylation sites (N-methyl/N-ethyl adjacent to an activating group) is 1. The third kappa shape index (κ3) is 4.98. The number of rotatable bonds is 7. The van der Waals surface area contributed by atoms with Crippen molar-refractivity contribution in [3.8, 4) is 0 Å². The van der Waals surface area contributed by atoms with Gasteiger partial charge in [0.05, 0.1) is 0 Å². The van der Waals surface area contributed by atoms with E-state index in [2.05, 4.69) is 15.9 Å². The molecule has 0 fully saturated rings. The van der Waals surface area contributed by atoms with Crippen LogP contribution in [0.2, 0.25) is 0 Å². The summed E-state index contributed by atoms with van der Waals surface area (Å²) in [6.07, 6.45) is -0.0794. The quantitative estimate of drug-likeness (QED) is 0.698. The van der Waals surface area contributed by atoms with Crippen molar-refractivity contribution >= 4 is 33.5 Å². The SMILES string of the molecule is CN(C(=O)CCC(=O)c1ccc(Br)cc1)C(C(N)=O)c1cccc(F)c1. The Labute approximate surface area is 159 Å². The van der Waals surface area contributed by atoms with E-state index in [0.717, 1.165) is 15.4 Å². The third-order valence-electron chi connectivity index (χ3n) is 3.95. The number of Topliss-reactive ketones (excluding diaryl/α,β-unsaturated/α-hetero) is 1. The Balaban J connectivity index is 2.05. The van der Waals surface area contributed by atoms with Gasteiger partial charge in [0.2, 0.25) is 11.8 Å². The zero-order valence-electron chi connectivity index (χ0n) is 14.1. The van der Waals surface area contributed by atoms with Crippen molar-refractivity contribution in [2.45, 2.75) is 18.9 Å². The van der Waals surface area contributed by atoms with Crippen molar-refractivity contribution in [3.05, 3.63) is 69.9 Å². The largest absolute Gasteiger partial charge is 0.368 e. The molecule has 136 valence electrons. The highest BCUT2D eigenvalue weighted by atomic mass is 79.9. The Morgan fingerprint density at radius 3 is 2.35 bits per heavy atom. The number of carbonyl (C=O) groups is 3. The van der Waals surface area contributed by atoms with Gasteiger partial charge in [-0.3, -0.25) is 14.4 Å². The lowest BCUT2D eigenvalue weighted by Gasteiger charge is -2.26. The van der Waals surface area contributed by atoms with E-state index in [1.54, 1.807) is 24.3 Å². The molecule has 0 aliphatic heterocycles. The minimum Gasteiger partial charge on any atom is -0.368 e. The fourth-order valence-electron chi connectivity index (χ4n) is 2.58. The fourth-order valence-corrected chi connectivity index (χ4v) is 2.84. The lowest BCUT2D eigenvalue weighted by molar-refractivity contribution is -0.138. The normalized spacial score (nSPS) is 11.7. The zero-order valence-corrected chi connectivity index (χ0v) is 15.7. The molecule has 0 spiro atoms. The Morgan fingerprint density at radius 2 is 1.77 bits per heavy atom. The van der Waals surface area contributed by atoms with E-state index >= 15 is 0 Å². The van der Waals surface area contributed by atoms with Gasteiger partial charge in [-0.25, -0.2) is 4.39 Å². The number of nitrogens with zero attached hydrogens (tertiary/aromatic N) is 1. The van der Waals surface area contributed by atoms with E-state index < -0.39 is 23.7 Å². The number of ketones is 1. The second-order valence-corrected chi connectivity index (χ2v) is 6.71. The smallest absolute Gasteiger partial charge is 0.244 e. The topological polar surface area (TPSA) is 80.5 Å². The highest BCUT2D eigenvalue weighted by Crippen LogP contribution is 2.21. The van der Waals surface area contributed by atoms with Crippen LogP contribution in [0.3, 0.4) is 0 Å². The highest BCUT2D eigenvalue weighted by molar-refractivity contribution is 9.10. The Hall–Kier alpha value is -2.54. The summed E-state index contributed by atoms with van der Waals surface area (Å²) in [6, 6.07) is 11.1. The number of hydrogen-bond donors (Lipinski definition) is 1. The van der Waals surface area contributed by atoms with Crippen molar-refractivity contribution in [2.24, 2.45) is 5.73 Å². The first-order valence-electron chi connectivity index (χ1n) is 7.89. The number of halogens is 2. The monoisotopic (exact) mass is 420 g/mol. The van der Waals surface area contributed by atoms with Crippen LogP contribution < -0.4 is 5.73 Å². The lowest BCUT2D eigenvalue weighted by atomic mass is 10.0. The first kappa shape index (κ1) is 19.8. The molecule has 2 rings (SSSR count). The van der Waals surface area contributed by atoms with Crippen LogP contribution in [0.5, 0.6) is 0 Å². The maximum atomic E-state index is 13.4. The fraction of sp³-hybridized carbons (Fsp3) is 0.211. The number of hydrogen-bond acceptors (Lipinski definition) is 3. The molecule has 0 aliphatic carbocycles. The van der Waals surface area contributed by atoms with Gasteiger partial charge in [0, 0.05) is 29.9 Å². The van der Waals surface area contributed by atoms with Crippen LogP contribution in [0.1, 0.15) is 34.8 Å². The molecule has 5 nitrogen and oxygen atoms in total. The molecule has 1 unspecified atom stereocenters. The van der Waals surface area contributed by atoms with Gasteiger partial charge in [0.1, 0.15) is 11.9 Å². The molecule has 26 heavy (non-hydrogen) atoms. The van der Waals surface area contributed by atoms with Gasteiger partial charge in [-0.05, 0) is 29.8 Å². The van der Waals surface area contributed by atoms with Crippen molar-refractivity contribution in [2.75, 3.05) is 7.05 Å². The predicted molar refractivity (Wildman–Crippen MR) is 98.8 cm³/mol. The average Bonchev–Trinajstić information content (AvgIpc) is 2.59. The molecule has 1 atom stereocenters. The van der Waals surface area contributed by atoms with Crippen LogP contribution in [-0.2, 0) is 9.59 Å². The Morgan fingerprint density at radius 1 is 1.12 bits per heavy atom. The predicted octanol–water partition coefficient (Wildman–Crippen LogP) is 3.24. The van der Waals surface area contributed by atoms with E-state index in [9.17, 15) is 18.8 Å². The summed E-state index contributed by atoms with van der Waals surface area (Å²) >= 11 is 3.29. The molecule has 2 N–H and O–H groups in total. The summed E-state index contributed by atoms with van der Waals surface area (Å²) in [6.45, 7) is 0. The molecule has 0 bridgehead atoms. The summed E-state index contributed by atoms with van der Waals surface area (Å²) < 4.78 is 14.3. The Bertz CT molecular complexity index is 824. The summed E-state index contributed by atoms with van der Waals surface area (Å²) in [5.74, 6) is -1.91. The van der Waals surface area contributed by atoms with Crippen LogP contribution in [0.25, 0.3) is 0 Å². The molecule has 2 amide bonds. The van der Waals surface area contributed by atoms with Gasteiger partial charge in [0.15, 0.2) is 5.78 Å². The van der Waals surface area contributed by atoms with E-state index in [1.165, 1.54) is 25.2 Å². The van der Waals surface area contributed by atoms with E-state index in [4.69, 9.17) is 5.73 Å². The molecule has 7 heteroatoms. The van der Waals surface area contributed by atoms with Crippen LogP contribution in [0, 0.1) is 5.82 Å². The number of primary amides is 1. The first-order chi connectivity index (χ1) is 12.3. The summed E-state index contributed by atoms with van der Waals surface area (Å²) in [5.41, 5.74) is 6.18. The molecule has 0 saturated heterocycles. The average molecular weight is 421 g/mol. The van der Waals surface area contributed by atoms with E-state index in [0.29, 0.717) is 5.56 Å². The van der Waals surface area contributed by atoms with Crippen LogP contribution in [-0.4, -0.2) is 29.5 Å². The summed E-state index contributed by atoms with van der Waals surface area (Å²) in [7, 11) is 1.41. The maximum Gasteiger partial charge on any atom is 0.244 e. The van der Waals surface area contributed by atoms with Crippen molar-refractivity contribution < 1.29 is 18.8 Å². The van der Waals surface area contributed by atoms with Gasteiger partial charge in [-0.2, -0.15) is 0 Å². The van der Waals surface area contributed by atoms with E-state index in [-0.39, 0.29) is 24.2 Å². The molecule has 0 aliphatic rings. The van der Waals surface area contributed by atoms with Crippen molar-refractivity contribution in [3.63, 3.8) is 0 Å². The third-order valence-corrected chi connectivity index (χ3v) is 4.48. The molecule has 0 saturated carbocycles. The van der Waals surface area contributed by atoms with Crippen molar-refractivity contribution in [1.29, 1.82) is 0 Å². The number of carbonyl (C=O) groups excluding carboxylic acids is 3. The second kappa shape index (κ2) is 8.71. The molecule has 2 aromatic rings. The van der Waals surface area contributed by atoms with Crippen LogP contribution >= 0.6 is 15.9 Å². The first-order valence-corrected chi connectivity index (χ1v) is 8.68. The number of nitrogens with two attached hydrogens (primary N) is 1. The van der Waals surface area contributed by atoms with Gasteiger partial charge >= 0.3 is 0 Å². The van der Waals surface area contributed by atoms with Gasteiger partial charge in [-0.15, -0.1) is 0 Å². The van der Waals surface area contributed by atoms with Gasteiger partial charge < -0.3 is 10.6 Å². The molecule has 0 aromatic heterocycles. The molecule has 2 aromatic carbocycles. The van der Waals surface area contributed by atoms with Gasteiger partial charge in [-0.1, -0.05) is 40.2 Å². The Kier molecular flexibility index (Phi) is 6.63. The van der Waals surface area contributed by atoms with Crippen molar-refractivity contribution in [1.82, 2.24) is 4.90 Å². The highest BCUT2D eigenvalue weighted by Gasteiger charge is 2.27. The summed E-state index contributed by atoms with van der Waals surface area (Å²) in [4.78, 5) is 37.5.